The molecular weight excluding hydrogens is 156 g/mol. The summed E-state index contributed by atoms with van der Waals surface area (Å²) >= 11 is 0. The molecule has 1 aliphatic rings. The third-order valence-corrected chi connectivity index (χ3v) is 2.17. The van der Waals surface area contributed by atoms with Gasteiger partial charge in [0, 0.05) is 26.2 Å². The lowest BCUT2D eigenvalue weighted by Crippen LogP contribution is -2.47. The number of piperazine rings is 1. The van der Waals surface area contributed by atoms with Crippen LogP contribution in [0.25, 0.3) is 0 Å². The van der Waals surface area contributed by atoms with Crippen molar-refractivity contribution in [2.75, 3.05) is 39.8 Å². The predicted molar refractivity (Wildman–Crippen MR) is 44.2 cm³/mol. The Morgan fingerprint density at radius 2 is 1.83 bits per heavy atom. The highest BCUT2D eigenvalue weighted by Crippen LogP contribution is 2.00. The van der Waals surface area contributed by atoms with E-state index in [1.54, 1.807) is 4.90 Å². The zero-order valence-electron chi connectivity index (χ0n) is 7.45. The second kappa shape index (κ2) is 4.42. The van der Waals surface area contributed by atoms with Crippen LogP contribution in [0.5, 0.6) is 0 Å². The van der Waals surface area contributed by atoms with Gasteiger partial charge >= 0.3 is 0 Å². The summed E-state index contributed by atoms with van der Waals surface area (Å²) in [6.45, 7) is 3.10. The van der Waals surface area contributed by atoms with Crippen LogP contribution in [0.3, 0.4) is 0 Å². The third-order valence-electron chi connectivity index (χ3n) is 2.17. The fraction of sp³-hybridized carbons (Fsp3) is 0.875. The van der Waals surface area contributed by atoms with Crippen molar-refractivity contribution in [3.63, 3.8) is 0 Å². The van der Waals surface area contributed by atoms with E-state index < -0.39 is 0 Å². The minimum absolute atomic E-state index is 0.0121. The van der Waals surface area contributed by atoms with E-state index in [1.807, 2.05) is 7.05 Å². The summed E-state index contributed by atoms with van der Waals surface area (Å²) in [5, 5.41) is 10.2. The van der Waals surface area contributed by atoms with Gasteiger partial charge in [0.05, 0.1) is 13.0 Å². The first-order valence-corrected chi connectivity index (χ1v) is 4.28. The molecule has 0 saturated carbocycles. The van der Waals surface area contributed by atoms with Gasteiger partial charge in [-0.05, 0) is 7.05 Å². The van der Waals surface area contributed by atoms with Gasteiger partial charge in [-0.3, -0.25) is 4.79 Å². The molecular formula is C8H15N2O2. The maximum atomic E-state index is 11.2. The molecule has 69 valence electrons. The zero-order chi connectivity index (χ0) is 8.97. The van der Waals surface area contributed by atoms with E-state index in [2.05, 4.69) is 4.90 Å². The molecule has 1 heterocycles. The van der Waals surface area contributed by atoms with Crippen LogP contribution >= 0.6 is 0 Å². The maximum Gasteiger partial charge on any atom is 0.225 e. The molecule has 0 aromatic heterocycles. The van der Waals surface area contributed by atoms with Crippen molar-refractivity contribution in [2.45, 2.75) is 6.42 Å². The summed E-state index contributed by atoms with van der Waals surface area (Å²) in [6, 6.07) is 0. The third kappa shape index (κ3) is 2.46. The fourth-order valence-electron chi connectivity index (χ4n) is 1.30. The topological polar surface area (TPSA) is 43.5 Å². The van der Waals surface area contributed by atoms with Gasteiger partial charge in [-0.15, -0.1) is 0 Å². The largest absolute Gasteiger partial charge is 0.340 e. The van der Waals surface area contributed by atoms with Gasteiger partial charge in [0.15, 0.2) is 0 Å². The molecule has 0 aliphatic carbocycles. The number of likely N-dealkylation sites (N-methyl/N-ethyl adjacent to an activating group) is 1. The molecule has 0 atom stereocenters. The Bertz CT molecular complexity index is 153. The molecule has 0 bridgehead atoms. The number of carbonyl (C=O) groups is 1. The quantitative estimate of drug-likeness (QED) is 0.566. The molecule has 12 heavy (non-hydrogen) atoms. The highest BCUT2D eigenvalue weighted by Gasteiger charge is 2.17. The van der Waals surface area contributed by atoms with Crippen LogP contribution < -0.4 is 0 Å². The lowest BCUT2D eigenvalue weighted by atomic mass is 10.3. The number of amides is 1. The summed E-state index contributed by atoms with van der Waals surface area (Å²) in [5.41, 5.74) is 0. The first-order chi connectivity index (χ1) is 5.74. The maximum absolute atomic E-state index is 11.2. The molecule has 0 aromatic carbocycles. The van der Waals surface area contributed by atoms with Crippen LogP contribution in [0.1, 0.15) is 6.42 Å². The van der Waals surface area contributed by atoms with Crippen molar-refractivity contribution < 1.29 is 9.90 Å². The predicted octanol–water partition coefficient (Wildman–Crippen LogP) is -0.419. The van der Waals surface area contributed by atoms with E-state index in [0.29, 0.717) is 0 Å². The average Bonchev–Trinajstić information content (AvgIpc) is 2.06. The van der Waals surface area contributed by atoms with Crippen LogP contribution in [-0.4, -0.2) is 55.5 Å². The van der Waals surface area contributed by atoms with Crippen LogP contribution in [0.15, 0.2) is 0 Å². The van der Waals surface area contributed by atoms with Crippen LogP contribution in [0, 0.1) is 0 Å². The molecule has 1 rings (SSSR count). The molecule has 4 heteroatoms. The van der Waals surface area contributed by atoms with Crippen molar-refractivity contribution >= 4 is 5.91 Å². The minimum Gasteiger partial charge on any atom is -0.340 e. The van der Waals surface area contributed by atoms with Crippen molar-refractivity contribution in [3.8, 4) is 0 Å². The standard InChI is InChI=1S/C8H15N2O2/c1-9-3-5-10(6-4-9)8(12)2-7-11/h2-7H2,1H3. The molecule has 1 radical (unpaired) electrons. The molecule has 1 amide bonds. The van der Waals surface area contributed by atoms with Gasteiger partial charge in [0.25, 0.3) is 0 Å². The molecule has 0 spiro atoms. The van der Waals surface area contributed by atoms with Gasteiger partial charge in [-0.1, -0.05) is 0 Å². The van der Waals surface area contributed by atoms with E-state index in [-0.39, 0.29) is 18.9 Å². The zero-order valence-corrected chi connectivity index (χ0v) is 7.45. The minimum atomic E-state index is -0.287. The normalized spacial score (nSPS) is 19.7. The second-order valence-electron chi connectivity index (χ2n) is 3.14. The first kappa shape index (κ1) is 9.48. The van der Waals surface area contributed by atoms with Crippen LogP contribution in [-0.2, 0) is 9.90 Å². The van der Waals surface area contributed by atoms with Crippen LogP contribution in [0.2, 0.25) is 0 Å². The highest BCUT2D eigenvalue weighted by atomic mass is 16.3. The molecule has 4 nitrogen and oxygen atoms in total. The number of hydrogen-bond donors (Lipinski definition) is 0. The van der Waals surface area contributed by atoms with E-state index >= 15 is 0 Å². The van der Waals surface area contributed by atoms with Crippen LogP contribution in [0.4, 0.5) is 0 Å². The van der Waals surface area contributed by atoms with Crippen molar-refractivity contribution in [1.29, 1.82) is 0 Å². The lowest BCUT2D eigenvalue weighted by molar-refractivity contribution is -0.133. The van der Waals surface area contributed by atoms with E-state index in [1.165, 1.54) is 0 Å². The SMILES string of the molecule is CN1CCN(C(=O)CC[O])CC1. The fourth-order valence-corrected chi connectivity index (χ4v) is 1.30. The van der Waals surface area contributed by atoms with Gasteiger partial charge in [0.2, 0.25) is 5.91 Å². The van der Waals surface area contributed by atoms with E-state index in [0.717, 1.165) is 26.2 Å². The summed E-state index contributed by atoms with van der Waals surface area (Å²) in [5.74, 6) is 0.0121. The summed E-state index contributed by atoms with van der Waals surface area (Å²) in [7, 11) is 2.04. The number of hydrogen-bond acceptors (Lipinski definition) is 2. The number of carbonyl (C=O) groups excluding carboxylic acids is 1. The first-order valence-electron chi connectivity index (χ1n) is 4.28. The van der Waals surface area contributed by atoms with Gasteiger partial charge in [0.1, 0.15) is 0 Å². The molecule has 0 aromatic rings. The summed E-state index contributed by atoms with van der Waals surface area (Å²) < 4.78 is 0. The summed E-state index contributed by atoms with van der Waals surface area (Å²) in [6.07, 6.45) is 0.156. The Kier molecular flexibility index (Phi) is 3.49. The van der Waals surface area contributed by atoms with Crippen molar-refractivity contribution in [1.82, 2.24) is 9.80 Å². The van der Waals surface area contributed by atoms with Crippen molar-refractivity contribution in [3.05, 3.63) is 0 Å². The number of nitrogens with zero attached hydrogens (tertiary/aromatic N) is 2. The van der Waals surface area contributed by atoms with E-state index in [4.69, 9.17) is 0 Å². The Balaban J connectivity index is 2.29. The molecule has 0 unspecified atom stereocenters. The molecule has 0 N–H and O–H groups in total. The Labute approximate surface area is 72.8 Å². The van der Waals surface area contributed by atoms with Gasteiger partial charge < -0.3 is 9.80 Å². The average molecular weight is 171 g/mol. The smallest absolute Gasteiger partial charge is 0.225 e. The highest BCUT2D eigenvalue weighted by molar-refractivity contribution is 5.76. The molecule has 1 aliphatic heterocycles. The number of rotatable bonds is 2. The van der Waals surface area contributed by atoms with Gasteiger partial charge in [-0.25, -0.2) is 5.11 Å². The monoisotopic (exact) mass is 171 g/mol. The molecule has 1 saturated heterocycles. The Morgan fingerprint density at radius 3 is 2.33 bits per heavy atom. The lowest BCUT2D eigenvalue weighted by Gasteiger charge is -2.32. The second-order valence-corrected chi connectivity index (χ2v) is 3.14. The Hall–Kier alpha value is -0.610. The molecule has 1 fully saturated rings. The van der Waals surface area contributed by atoms with Crippen molar-refractivity contribution in [2.24, 2.45) is 0 Å². The Morgan fingerprint density at radius 1 is 1.25 bits per heavy atom. The summed E-state index contributed by atoms with van der Waals surface area (Å²) in [4.78, 5) is 15.2. The van der Waals surface area contributed by atoms with E-state index in [9.17, 15) is 9.90 Å². The van der Waals surface area contributed by atoms with Gasteiger partial charge in [-0.2, -0.15) is 0 Å².